The number of aliphatic carboxylic acids is 1. The molecule has 1 aliphatic rings. The van der Waals surface area contributed by atoms with Crippen LogP contribution in [0.25, 0.3) is 16.6 Å². The average Bonchev–Trinajstić information content (AvgIpc) is 3.62. The summed E-state index contributed by atoms with van der Waals surface area (Å²) in [6.07, 6.45) is 11.3. The molecule has 0 saturated heterocycles. The standard InChI is InChI=1S/C28H27N7O3/c36-28(37)15-27(19-13-22(18-29-16-19)34-11-2-10-31-34)35-26-7-5-23(14-20(26)17-32-35)38-12-8-21-4-6-24-25(33-21)3-1-9-30-24/h2,4-7,10-11,13-14,16-18,27,30H,1,3,8-9,12,15H2,(H,36,37). The van der Waals surface area contributed by atoms with E-state index in [1.165, 1.54) is 0 Å². The summed E-state index contributed by atoms with van der Waals surface area (Å²) in [6, 6.07) is 13.1. The molecule has 10 heteroatoms. The van der Waals surface area contributed by atoms with Crippen molar-refractivity contribution in [1.82, 2.24) is 29.5 Å². The molecular formula is C28H27N7O3. The number of nitrogens with zero attached hydrogens (tertiary/aromatic N) is 6. The fourth-order valence-corrected chi connectivity index (χ4v) is 4.84. The van der Waals surface area contributed by atoms with E-state index >= 15 is 0 Å². The Hall–Kier alpha value is -4.73. The van der Waals surface area contributed by atoms with Crippen molar-refractivity contribution in [3.63, 3.8) is 0 Å². The number of hydrogen-bond acceptors (Lipinski definition) is 7. The summed E-state index contributed by atoms with van der Waals surface area (Å²) < 4.78 is 9.46. The number of pyridine rings is 2. The summed E-state index contributed by atoms with van der Waals surface area (Å²) in [5.74, 6) is -0.191. The van der Waals surface area contributed by atoms with Gasteiger partial charge in [-0.05, 0) is 60.9 Å². The largest absolute Gasteiger partial charge is 0.493 e. The highest BCUT2D eigenvalue weighted by Crippen LogP contribution is 2.29. The minimum absolute atomic E-state index is 0.136. The van der Waals surface area contributed by atoms with Crippen LogP contribution in [0.3, 0.4) is 0 Å². The lowest BCUT2D eigenvalue weighted by Gasteiger charge is -2.18. The maximum Gasteiger partial charge on any atom is 0.305 e. The minimum Gasteiger partial charge on any atom is -0.493 e. The molecule has 0 aliphatic carbocycles. The third-order valence-corrected chi connectivity index (χ3v) is 6.69. The van der Waals surface area contributed by atoms with Crippen LogP contribution in [0.1, 0.15) is 35.8 Å². The molecule has 5 aromatic rings. The van der Waals surface area contributed by atoms with E-state index in [-0.39, 0.29) is 6.42 Å². The molecule has 0 spiro atoms. The van der Waals surface area contributed by atoms with Gasteiger partial charge in [0.15, 0.2) is 0 Å². The summed E-state index contributed by atoms with van der Waals surface area (Å²) in [5.41, 5.74) is 5.58. The van der Waals surface area contributed by atoms with Crippen molar-refractivity contribution in [2.24, 2.45) is 0 Å². The van der Waals surface area contributed by atoms with E-state index in [0.29, 0.717) is 13.0 Å². The number of rotatable bonds is 9. The lowest BCUT2D eigenvalue weighted by molar-refractivity contribution is -0.137. The van der Waals surface area contributed by atoms with Crippen LogP contribution in [0.4, 0.5) is 5.69 Å². The highest BCUT2D eigenvalue weighted by molar-refractivity contribution is 5.81. The Morgan fingerprint density at radius 2 is 2.08 bits per heavy atom. The SMILES string of the molecule is O=C(O)CC(c1cncc(-n2cccn2)c1)n1ncc2cc(OCCc3ccc4c(n3)CCCN4)ccc21. The smallest absolute Gasteiger partial charge is 0.305 e. The van der Waals surface area contributed by atoms with Gasteiger partial charge in [-0.3, -0.25) is 19.4 Å². The van der Waals surface area contributed by atoms with Gasteiger partial charge in [0, 0.05) is 42.6 Å². The zero-order valence-corrected chi connectivity index (χ0v) is 20.7. The second-order valence-corrected chi connectivity index (χ2v) is 9.28. The maximum absolute atomic E-state index is 11.8. The van der Waals surface area contributed by atoms with Gasteiger partial charge in [0.2, 0.25) is 0 Å². The Kier molecular flexibility index (Phi) is 6.43. The summed E-state index contributed by atoms with van der Waals surface area (Å²) in [5, 5.41) is 22.7. The number of fused-ring (bicyclic) bond motifs is 2. The molecule has 5 heterocycles. The van der Waals surface area contributed by atoms with Crippen molar-refractivity contribution in [2.75, 3.05) is 18.5 Å². The molecule has 0 radical (unpaired) electrons. The van der Waals surface area contributed by atoms with E-state index in [4.69, 9.17) is 9.72 Å². The van der Waals surface area contributed by atoms with E-state index in [1.54, 1.807) is 34.2 Å². The summed E-state index contributed by atoms with van der Waals surface area (Å²) in [4.78, 5) is 20.9. The van der Waals surface area contributed by atoms with Crippen LogP contribution in [-0.4, -0.2) is 53.8 Å². The zero-order valence-electron chi connectivity index (χ0n) is 20.7. The monoisotopic (exact) mass is 509 g/mol. The van der Waals surface area contributed by atoms with Crippen LogP contribution in [-0.2, 0) is 17.6 Å². The molecule has 4 aromatic heterocycles. The molecule has 10 nitrogen and oxygen atoms in total. The number of aromatic nitrogens is 6. The number of anilines is 1. The third-order valence-electron chi connectivity index (χ3n) is 6.69. The molecule has 1 atom stereocenters. The van der Waals surface area contributed by atoms with E-state index in [0.717, 1.165) is 64.4 Å². The second kappa shape index (κ2) is 10.3. The molecule has 6 rings (SSSR count). The van der Waals surface area contributed by atoms with Gasteiger partial charge in [0.05, 0.1) is 54.0 Å². The van der Waals surface area contributed by atoms with Crippen molar-refractivity contribution in [2.45, 2.75) is 31.7 Å². The van der Waals surface area contributed by atoms with Crippen LogP contribution in [0.2, 0.25) is 0 Å². The van der Waals surface area contributed by atoms with Crippen LogP contribution < -0.4 is 10.1 Å². The molecule has 38 heavy (non-hydrogen) atoms. The lowest BCUT2D eigenvalue weighted by Crippen LogP contribution is -2.17. The van der Waals surface area contributed by atoms with Crippen molar-refractivity contribution < 1.29 is 14.6 Å². The number of carboxylic acids is 1. The highest BCUT2D eigenvalue weighted by Gasteiger charge is 2.22. The molecule has 1 aromatic carbocycles. The van der Waals surface area contributed by atoms with Gasteiger partial charge >= 0.3 is 5.97 Å². The average molecular weight is 510 g/mol. The van der Waals surface area contributed by atoms with Gasteiger partial charge in [0.25, 0.3) is 0 Å². The zero-order chi connectivity index (χ0) is 25.9. The maximum atomic E-state index is 11.8. The third kappa shape index (κ3) is 4.93. The van der Waals surface area contributed by atoms with Gasteiger partial charge in [0.1, 0.15) is 5.75 Å². The highest BCUT2D eigenvalue weighted by atomic mass is 16.5. The number of hydrogen-bond donors (Lipinski definition) is 2. The molecule has 1 aliphatic heterocycles. The first-order chi connectivity index (χ1) is 18.6. The predicted molar refractivity (Wildman–Crippen MR) is 142 cm³/mol. The number of ether oxygens (including phenoxy) is 1. The van der Waals surface area contributed by atoms with Crippen LogP contribution in [0.15, 0.2) is 73.4 Å². The van der Waals surface area contributed by atoms with Crippen LogP contribution in [0.5, 0.6) is 5.75 Å². The molecule has 192 valence electrons. The first-order valence-electron chi connectivity index (χ1n) is 12.6. The van der Waals surface area contributed by atoms with Gasteiger partial charge in [-0.1, -0.05) is 0 Å². The van der Waals surface area contributed by atoms with Crippen molar-refractivity contribution >= 4 is 22.6 Å². The molecule has 0 saturated carbocycles. The second-order valence-electron chi connectivity index (χ2n) is 9.28. The number of carboxylic acid groups (broad SMARTS) is 1. The molecule has 2 N–H and O–H groups in total. The molecule has 1 unspecified atom stereocenters. The lowest BCUT2D eigenvalue weighted by atomic mass is 10.1. The fraction of sp³-hybridized carbons (Fsp3) is 0.250. The first-order valence-corrected chi connectivity index (χ1v) is 12.6. The van der Waals surface area contributed by atoms with Crippen molar-refractivity contribution in [3.05, 3.63) is 90.4 Å². The Bertz CT molecular complexity index is 1580. The van der Waals surface area contributed by atoms with Crippen molar-refractivity contribution in [3.8, 4) is 11.4 Å². The fourth-order valence-electron chi connectivity index (χ4n) is 4.84. The molecule has 0 bridgehead atoms. The normalized spacial score (nSPS) is 13.6. The van der Waals surface area contributed by atoms with Gasteiger partial charge in [-0.2, -0.15) is 10.2 Å². The van der Waals surface area contributed by atoms with E-state index in [2.05, 4.69) is 26.6 Å². The number of benzene rings is 1. The Morgan fingerprint density at radius 3 is 2.95 bits per heavy atom. The van der Waals surface area contributed by atoms with Gasteiger partial charge < -0.3 is 15.2 Å². The van der Waals surface area contributed by atoms with E-state index in [9.17, 15) is 9.90 Å². The summed E-state index contributed by atoms with van der Waals surface area (Å²) in [7, 11) is 0. The number of nitrogens with one attached hydrogen (secondary N) is 1. The quantitative estimate of drug-likeness (QED) is 0.305. The number of aryl methyl sites for hydroxylation is 1. The molecular weight excluding hydrogens is 482 g/mol. The number of carbonyl (C=O) groups is 1. The Labute approximate surface area is 218 Å². The predicted octanol–water partition coefficient (Wildman–Crippen LogP) is 4.06. The van der Waals surface area contributed by atoms with E-state index in [1.807, 2.05) is 42.6 Å². The van der Waals surface area contributed by atoms with Gasteiger partial charge in [-0.25, -0.2) is 4.68 Å². The van der Waals surface area contributed by atoms with Crippen LogP contribution >= 0.6 is 0 Å². The first kappa shape index (κ1) is 23.7. The molecule has 0 fully saturated rings. The van der Waals surface area contributed by atoms with E-state index < -0.39 is 12.0 Å². The van der Waals surface area contributed by atoms with Crippen molar-refractivity contribution in [1.29, 1.82) is 0 Å². The molecule has 0 amide bonds. The van der Waals surface area contributed by atoms with Gasteiger partial charge in [-0.15, -0.1) is 0 Å². The summed E-state index contributed by atoms with van der Waals surface area (Å²) in [6.45, 7) is 1.51. The Balaban J connectivity index is 1.20. The Morgan fingerprint density at radius 1 is 1.13 bits per heavy atom. The van der Waals surface area contributed by atoms with Crippen LogP contribution in [0, 0.1) is 0 Å². The summed E-state index contributed by atoms with van der Waals surface area (Å²) >= 11 is 0. The topological polar surface area (TPSA) is 120 Å². The minimum atomic E-state index is -0.922.